The van der Waals surface area contributed by atoms with Crippen molar-refractivity contribution in [3.05, 3.63) is 17.5 Å². The van der Waals surface area contributed by atoms with Crippen LogP contribution in [0.15, 0.2) is 16.8 Å². The maximum atomic E-state index is 10.7. The summed E-state index contributed by atoms with van der Waals surface area (Å²) in [6.45, 7) is 2.58. The normalized spacial score (nSPS) is 16.2. The van der Waals surface area contributed by atoms with E-state index in [9.17, 15) is 4.79 Å². The van der Waals surface area contributed by atoms with Crippen LogP contribution in [-0.4, -0.2) is 31.6 Å². The first kappa shape index (κ1) is 13.1. The van der Waals surface area contributed by atoms with Gasteiger partial charge >= 0.3 is 5.97 Å². The Morgan fingerprint density at radius 3 is 3.06 bits per heavy atom. The zero-order chi connectivity index (χ0) is 13.0. The molecular formula is C12H17N3O2S. The summed E-state index contributed by atoms with van der Waals surface area (Å²) in [5.74, 6) is 0.820. The van der Waals surface area contributed by atoms with E-state index in [1.165, 1.54) is 19.3 Å². The molecule has 98 valence electrons. The summed E-state index contributed by atoms with van der Waals surface area (Å²) >= 11 is 1.55. The van der Waals surface area contributed by atoms with Crippen molar-refractivity contribution in [3.8, 4) is 0 Å². The fraction of sp³-hybridized carbons (Fsp3) is 0.583. The molecule has 0 amide bonds. The van der Waals surface area contributed by atoms with Crippen LogP contribution in [0.3, 0.4) is 0 Å². The van der Waals surface area contributed by atoms with Gasteiger partial charge in [0.1, 0.15) is 5.82 Å². The molecule has 0 aliphatic carbocycles. The molecule has 2 rings (SSSR count). The highest BCUT2D eigenvalue weighted by molar-refractivity contribution is 7.99. The summed E-state index contributed by atoms with van der Waals surface area (Å²) in [5.41, 5.74) is 0.373. The minimum atomic E-state index is -0.865. The van der Waals surface area contributed by atoms with Crippen LogP contribution in [0.25, 0.3) is 0 Å². The van der Waals surface area contributed by atoms with Gasteiger partial charge in [-0.15, -0.1) is 10.2 Å². The number of aliphatic carboxylic acids is 1. The largest absolute Gasteiger partial charge is 0.478 e. The Labute approximate surface area is 110 Å². The van der Waals surface area contributed by atoms with Gasteiger partial charge in [-0.25, -0.2) is 4.79 Å². The molecule has 18 heavy (non-hydrogen) atoms. The lowest BCUT2D eigenvalue weighted by Crippen LogP contribution is -2.02. The smallest absolute Gasteiger partial charge is 0.330 e. The van der Waals surface area contributed by atoms with Crippen LogP contribution < -0.4 is 0 Å². The van der Waals surface area contributed by atoms with E-state index in [0.717, 1.165) is 23.9 Å². The zero-order valence-electron chi connectivity index (χ0n) is 10.4. The van der Waals surface area contributed by atoms with E-state index >= 15 is 0 Å². The first-order chi connectivity index (χ1) is 8.68. The van der Waals surface area contributed by atoms with Gasteiger partial charge in [0, 0.05) is 24.3 Å². The van der Waals surface area contributed by atoms with E-state index in [0.29, 0.717) is 11.3 Å². The van der Waals surface area contributed by atoms with Crippen LogP contribution in [0.1, 0.15) is 32.0 Å². The zero-order valence-corrected chi connectivity index (χ0v) is 11.2. The van der Waals surface area contributed by atoms with E-state index in [2.05, 4.69) is 14.8 Å². The number of hydrogen-bond acceptors (Lipinski definition) is 4. The van der Waals surface area contributed by atoms with Crippen molar-refractivity contribution >= 4 is 17.7 Å². The number of aryl methyl sites for hydroxylation is 1. The lowest BCUT2D eigenvalue weighted by molar-refractivity contribution is -0.132. The fourth-order valence-electron chi connectivity index (χ4n) is 1.89. The summed E-state index contributed by atoms with van der Waals surface area (Å²) in [4.78, 5) is 10.7. The van der Waals surface area contributed by atoms with E-state index in [4.69, 9.17) is 5.11 Å². The molecule has 1 aliphatic heterocycles. The Hall–Kier alpha value is -1.30. The quantitative estimate of drug-likeness (QED) is 0.668. The van der Waals surface area contributed by atoms with Gasteiger partial charge in [-0.05, 0) is 19.8 Å². The minimum absolute atomic E-state index is 0.373. The standard InChI is InChI=1S/C12H17N3O2S/c1-9(11(16)17)6-8-18-12-14-13-10-5-3-2-4-7-15(10)12/h6H,2-5,7-8H2,1H3,(H,16,17). The van der Waals surface area contributed by atoms with Gasteiger partial charge < -0.3 is 9.67 Å². The lowest BCUT2D eigenvalue weighted by atomic mass is 10.2. The molecule has 0 unspecified atom stereocenters. The topological polar surface area (TPSA) is 68.0 Å². The number of thioether (sulfide) groups is 1. The molecule has 0 aromatic carbocycles. The van der Waals surface area contributed by atoms with Crippen LogP contribution in [0, 0.1) is 0 Å². The molecule has 1 aliphatic rings. The Morgan fingerprint density at radius 1 is 1.44 bits per heavy atom. The van der Waals surface area contributed by atoms with E-state index < -0.39 is 5.97 Å². The number of carbonyl (C=O) groups is 1. The first-order valence-electron chi connectivity index (χ1n) is 6.13. The maximum Gasteiger partial charge on any atom is 0.330 e. The fourth-order valence-corrected chi connectivity index (χ4v) is 2.83. The van der Waals surface area contributed by atoms with Gasteiger partial charge in [0.25, 0.3) is 0 Å². The van der Waals surface area contributed by atoms with E-state index in [1.807, 2.05) is 0 Å². The van der Waals surface area contributed by atoms with Crippen molar-refractivity contribution in [1.29, 1.82) is 0 Å². The number of nitrogens with zero attached hydrogens (tertiary/aromatic N) is 3. The molecule has 6 heteroatoms. The molecule has 0 radical (unpaired) electrons. The summed E-state index contributed by atoms with van der Waals surface area (Å²) < 4.78 is 2.17. The number of hydrogen-bond donors (Lipinski definition) is 1. The summed E-state index contributed by atoms with van der Waals surface area (Å²) in [5, 5.41) is 18.0. The Balaban J connectivity index is 2.00. The molecule has 1 aromatic heterocycles. The predicted octanol–water partition coefficient (Wildman–Crippen LogP) is 2.13. The molecule has 0 saturated heterocycles. The van der Waals surface area contributed by atoms with Crippen molar-refractivity contribution in [1.82, 2.24) is 14.8 Å². The van der Waals surface area contributed by atoms with Crippen molar-refractivity contribution in [2.24, 2.45) is 0 Å². The minimum Gasteiger partial charge on any atom is -0.478 e. The van der Waals surface area contributed by atoms with Crippen LogP contribution >= 0.6 is 11.8 Å². The average Bonchev–Trinajstić information content (AvgIpc) is 2.59. The number of rotatable bonds is 4. The van der Waals surface area contributed by atoms with E-state index in [-0.39, 0.29) is 0 Å². The molecule has 0 fully saturated rings. The number of aromatic nitrogens is 3. The second-order valence-corrected chi connectivity index (χ2v) is 5.35. The van der Waals surface area contributed by atoms with Crippen molar-refractivity contribution < 1.29 is 9.90 Å². The van der Waals surface area contributed by atoms with Crippen LogP contribution in [0.4, 0.5) is 0 Å². The van der Waals surface area contributed by atoms with Gasteiger partial charge in [-0.1, -0.05) is 24.3 Å². The van der Waals surface area contributed by atoms with Gasteiger partial charge in [0.15, 0.2) is 5.16 Å². The van der Waals surface area contributed by atoms with Crippen LogP contribution in [0.2, 0.25) is 0 Å². The first-order valence-corrected chi connectivity index (χ1v) is 7.12. The van der Waals surface area contributed by atoms with Gasteiger partial charge in [-0.3, -0.25) is 0 Å². The van der Waals surface area contributed by atoms with E-state index in [1.54, 1.807) is 24.8 Å². The number of fused-ring (bicyclic) bond motifs is 1. The average molecular weight is 267 g/mol. The highest BCUT2D eigenvalue weighted by Gasteiger charge is 2.14. The van der Waals surface area contributed by atoms with Crippen LogP contribution in [-0.2, 0) is 17.8 Å². The third kappa shape index (κ3) is 3.13. The van der Waals surface area contributed by atoms with Crippen molar-refractivity contribution in [2.75, 3.05) is 5.75 Å². The van der Waals surface area contributed by atoms with Gasteiger partial charge in [0.2, 0.25) is 0 Å². The molecule has 5 nitrogen and oxygen atoms in total. The van der Waals surface area contributed by atoms with Gasteiger partial charge in [-0.2, -0.15) is 0 Å². The molecule has 0 bridgehead atoms. The number of carboxylic acids is 1. The Kier molecular flexibility index (Phi) is 4.41. The Morgan fingerprint density at radius 2 is 2.28 bits per heavy atom. The second kappa shape index (κ2) is 6.04. The molecule has 1 aromatic rings. The monoisotopic (exact) mass is 267 g/mol. The number of carboxylic acid groups (broad SMARTS) is 1. The third-order valence-electron chi connectivity index (χ3n) is 3.01. The van der Waals surface area contributed by atoms with Gasteiger partial charge in [0.05, 0.1) is 0 Å². The molecular weight excluding hydrogens is 250 g/mol. The molecule has 1 N–H and O–H groups in total. The lowest BCUT2D eigenvalue weighted by Gasteiger charge is -2.04. The van der Waals surface area contributed by atoms with Crippen molar-refractivity contribution in [2.45, 2.75) is 44.3 Å². The predicted molar refractivity (Wildman–Crippen MR) is 69.7 cm³/mol. The van der Waals surface area contributed by atoms with Crippen molar-refractivity contribution in [3.63, 3.8) is 0 Å². The van der Waals surface area contributed by atoms with Crippen LogP contribution in [0.5, 0.6) is 0 Å². The Bertz CT molecular complexity index is 468. The molecule has 0 spiro atoms. The molecule has 0 saturated carbocycles. The maximum absolute atomic E-state index is 10.7. The second-order valence-electron chi connectivity index (χ2n) is 4.36. The summed E-state index contributed by atoms with van der Waals surface area (Å²) in [7, 11) is 0. The highest BCUT2D eigenvalue weighted by Crippen LogP contribution is 2.21. The third-order valence-corrected chi connectivity index (χ3v) is 3.91. The SMILES string of the molecule is CC(=CCSc1nnc2n1CCCCC2)C(=O)O. The molecule has 0 atom stereocenters. The molecule has 2 heterocycles. The summed E-state index contributed by atoms with van der Waals surface area (Å²) in [6, 6.07) is 0. The highest BCUT2D eigenvalue weighted by atomic mass is 32.2. The summed E-state index contributed by atoms with van der Waals surface area (Å²) in [6.07, 6.45) is 6.30.